The van der Waals surface area contributed by atoms with Crippen LogP contribution in [0.5, 0.6) is 5.75 Å². The van der Waals surface area contributed by atoms with Crippen LogP contribution in [0, 0.1) is 0 Å². The molecule has 0 heterocycles. The van der Waals surface area contributed by atoms with Crippen molar-refractivity contribution in [1.29, 1.82) is 0 Å². The first-order chi connectivity index (χ1) is 7.45. The van der Waals surface area contributed by atoms with Crippen LogP contribution < -0.4 is 4.74 Å². The molecule has 0 aromatic heterocycles. The number of alkyl halides is 3. The Bertz CT molecular complexity index is 370. The summed E-state index contributed by atoms with van der Waals surface area (Å²) < 4.78 is 42.4. The second kappa shape index (κ2) is 3.97. The second-order valence-corrected chi connectivity index (χ2v) is 3.89. The number of halogens is 3. The molecule has 1 aromatic carbocycles. The summed E-state index contributed by atoms with van der Waals surface area (Å²) in [5.74, 6) is 0.201. The van der Waals surface area contributed by atoms with Gasteiger partial charge < -0.3 is 9.84 Å². The summed E-state index contributed by atoms with van der Waals surface area (Å²) in [5, 5.41) is 9.02. The molecule has 1 fully saturated rings. The predicted octanol–water partition coefficient (Wildman–Crippen LogP) is 2.61. The van der Waals surface area contributed by atoms with E-state index in [0.717, 1.165) is 12.1 Å². The number of hydrogen-bond donors (Lipinski definition) is 1. The Morgan fingerprint density at radius 3 is 2.50 bits per heavy atom. The van der Waals surface area contributed by atoms with Crippen LogP contribution in [-0.4, -0.2) is 17.3 Å². The zero-order valence-electron chi connectivity index (χ0n) is 8.37. The molecule has 0 atom stereocenters. The van der Waals surface area contributed by atoms with Crippen molar-refractivity contribution < 1.29 is 23.0 Å². The lowest BCUT2D eigenvalue weighted by Gasteiger charge is -2.31. The van der Waals surface area contributed by atoms with Gasteiger partial charge in [0.25, 0.3) is 0 Å². The quantitative estimate of drug-likeness (QED) is 0.849. The van der Waals surface area contributed by atoms with Crippen molar-refractivity contribution >= 4 is 0 Å². The van der Waals surface area contributed by atoms with Crippen LogP contribution in [0.2, 0.25) is 0 Å². The van der Waals surface area contributed by atoms with Gasteiger partial charge in [-0.3, -0.25) is 0 Å². The zero-order chi connectivity index (χ0) is 11.8. The molecule has 0 radical (unpaired) electrons. The molecule has 0 unspecified atom stereocenters. The Balaban J connectivity index is 2.05. The topological polar surface area (TPSA) is 29.5 Å². The van der Waals surface area contributed by atoms with Gasteiger partial charge in [0.2, 0.25) is 0 Å². The molecule has 0 spiro atoms. The van der Waals surface area contributed by atoms with Gasteiger partial charge in [0.15, 0.2) is 0 Å². The lowest BCUT2D eigenvalue weighted by atomic mass is 9.92. The predicted molar refractivity (Wildman–Crippen MR) is 51.1 cm³/mol. The van der Waals surface area contributed by atoms with E-state index < -0.39 is 11.7 Å². The second-order valence-electron chi connectivity index (χ2n) is 3.89. The number of aliphatic hydroxyl groups is 1. The standard InChI is InChI=1S/C11H11F3O2/c12-11(13,14)7-2-1-3-9(4-7)16-10-5-8(15)6-10/h1-4,8,10,15H,5-6H2. The van der Waals surface area contributed by atoms with Gasteiger partial charge in [0.05, 0.1) is 11.7 Å². The zero-order valence-corrected chi connectivity index (χ0v) is 8.37. The van der Waals surface area contributed by atoms with E-state index in [-0.39, 0.29) is 18.0 Å². The fraction of sp³-hybridized carbons (Fsp3) is 0.455. The Kier molecular flexibility index (Phi) is 2.80. The fourth-order valence-corrected chi connectivity index (χ4v) is 1.57. The fourth-order valence-electron chi connectivity index (χ4n) is 1.57. The number of rotatable bonds is 2. The van der Waals surface area contributed by atoms with Crippen molar-refractivity contribution in [3.05, 3.63) is 29.8 Å². The molecule has 5 heteroatoms. The Morgan fingerprint density at radius 2 is 1.94 bits per heavy atom. The van der Waals surface area contributed by atoms with Gasteiger partial charge in [-0.1, -0.05) is 6.07 Å². The maximum absolute atomic E-state index is 12.4. The lowest BCUT2D eigenvalue weighted by molar-refractivity contribution is -0.137. The summed E-state index contributed by atoms with van der Waals surface area (Å²) in [4.78, 5) is 0. The van der Waals surface area contributed by atoms with Crippen molar-refractivity contribution in [2.75, 3.05) is 0 Å². The molecule has 1 aromatic rings. The van der Waals surface area contributed by atoms with Gasteiger partial charge in [0.1, 0.15) is 11.9 Å². The Labute approximate surface area is 90.7 Å². The average molecular weight is 232 g/mol. The average Bonchev–Trinajstić information content (AvgIpc) is 2.14. The Hall–Kier alpha value is -1.23. The van der Waals surface area contributed by atoms with E-state index in [1.807, 2.05) is 0 Å². The third-order valence-electron chi connectivity index (χ3n) is 2.53. The maximum atomic E-state index is 12.4. The molecule has 1 aliphatic rings. The molecule has 1 aliphatic carbocycles. The van der Waals surface area contributed by atoms with E-state index in [2.05, 4.69) is 0 Å². The van der Waals surface area contributed by atoms with Crippen LogP contribution >= 0.6 is 0 Å². The normalized spacial score (nSPS) is 25.0. The SMILES string of the molecule is OC1CC(Oc2cccc(C(F)(F)F)c2)C1. The largest absolute Gasteiger partial charge is 0.490 e. The monoisotopic (exact) mass is 232 g/mol. The molecule has 16 heavy (non-hydrogen) atoms. The highest BCUT2D eigenvalue weighted by molar-refractivity contribution is 5.30. The minimum absolute atomic E-state index is 0.168. The molecule has 0 aliphatic heterocycles. The van der Waals surface area contributed by atoms with Gasteiger partial charge in [-0.25, -0.2) is 0 Å². The van der Waals surface area contributed by atoms with E-state index in [1.165, 1.54) is 12.1 Å². The van der Waals surface area contributed by atoms with Crippen LogP contribution in [-0.2, 0) is 6.18 Å². The van der Waals surface area contributed by atoms with E-state index in [1.54, 1.807) is 0 Å². The van der Waals surface area contributed by atoms with E-state index in [0.29, 0.717) is 12.8 Å². The molecular weight excluding hydrogens is 221 g/mol. The first-order valence-corrected chi connectivity index (χ1v) is 4.97. The minimum atomic E-state index is -4.35. The van der Waals surface area contributed by atoms with Gasteiger partial charge in [0, 0.05) is 12.8 Å². The molecule has 1 saturated carbocycles. The Morgan fingerprint density at radius 1 is 1.25 bits per heavy atom. The first-order valence-electron chi connectivity index (χ1n) is 4.97. The van der Waals surface area contributed by atoms with Crippen molar-refractivity contribution in [3.8, 4) is 5.75 Å². The summed E-state index contributed by atoms with van der Waals surface area (Å²) in [6.45, 7) is 0. The van der Waals surface area contributed by atoms with Crippen molar-refractivity contribution in [2.45, 2.75) is 31.2 Å². The summed E-state index contributed by atoms with van der Waals surface area (Å²) in [6, 6.07) is 4.78. The van der Waals surface area contributed by atoms with Crippen molar-refractivity contribution in [2.24, 2.45) is 0 Å². The highest BCUT2D eigenvalue weighted by Crippen LogP contribution is 2.33. The van der Waals surface area contributed by atoms with Gasteiger partial charge in [-0.2, -0.15) is 13.2 Å². The van der Waals surface area contributed by atoms with E-state index in [4.69, 9.17) is 9.84 Å². The van der Waals surface area contributed by atoms with Crippen LogP contribution in [0.4, 0.5) is 13.2 Å². The molecule has 2 rings (SSSR count). The summed E-state index contributed by atoms with van der Waals surface area (Å²) in [6.07, 6.45) is -3.93. The minimum Gasteiger partial charge on any atom is -0.490 e. The highest BCUT2D eigenvalue weighted by atomic mass is 19.4. The van der Waals surface area contributed by atoms with Crippen LogP contribution in [0.3, 0.4) is 0 Å². The van der Waals surface area contributed by atoms with Crippen molar-refractivity contribution in [3.63, 3.8) is 0 Å². The first kappa shape index (κ1) is 11.3. The van der Waals surface area contributed by atoms with Gasteiger partial charge in [-0.15, -0.1) is 0 Å². The summed E-state index contributed by atoms with van der Waals surface area (Å²) >= 11 is 0. The van der Waals surface area contributed by atoms with Crippen LogP contribution in [0.1, 0.15) is 18.4 Å². The van der Waals surface area contributed by atoms with E-state index >= 15 is 0 Å². The molecule has 1 N–H and O–H groups in total. The van der Waals surface area contributed by atoms with Crippen LogP contribution in [0.15, 0.2) is 24.3 Å². The number of aliphatic hydroxyl groups excluding tert-OH is 1. The molecule has 88 valence electrons. The number of benzene rings is 1. The van der Waals surface area contributed by atoms with Crippen molar-refractivity contribution in [1.82, 2.24) is 0 Å². The molecule has 0 amide bonds. The molecule has 0 saturated heterocycles. The third kappa shape index (κ3) is 2.47. The number of ether oxygens (including phenoxy) is 1. The molecular formula is C11H11F3O2. The van der Waals surface area contributed by atoms with Crippen LogP contribution in [0.25, 0.3) is 0 Å². The smallest absolute Gasteiger partial charge is 0.416 e. The summed E-state index contributed by atoms with van der Waals surface area (Å²) in [5.41, 5.74) is -0.718. The highest BCUT2D eigenvalue weighted by Gasteiger charge is 2.32. The van der Waals surface area contributed by atoms with E-state index in [9.17, 15) is 13.2 Å². The molecule has 0 bridgehead atoms. The number of hydrogen-bond acceptors (Lipinski definition) is 2. The third-order valence-corrected chi connectivity index (χ3v) is 2.53. The van der Waals surface area contributed by atoms with Gasteiger partial charge in [-0.05, 0) is 18.2 Å². The summed E-state index contributed by atoms with van der Waals surface area (Å²) in [7, 11) is 0. The lowest BCUT2D eigenvalue weighted by Crippen LogP contribution is -2.37. The molecule has 2 nitrogen and oxygen atoms in total. The maximum Gasteiger partial charge on any atom is 0.416 e. The van der Waals surface area contributed by atoms with Gasteiger partial charge >= 0.3 is 6.18 Å².